The van der Waals surface area contributed by atoms with Gasteiger partial charge in [0.05, 0.1) is 7.11 Å². The van der Waals surface area contributed by atoms with E-state index in [2.05, 4.69) is 5.32 Å². The molecule has 0 aliphatic carbocycles. The maximum atomic E-state index is 13.0. The minimum Gasteiger partial charge on any atom is -0.504 e. The molecule has 0 bridgehead atoms. The lowest BCUT2D eigenvalue weighted by atomic mass is 10.1. The van der Waals surface area contributed by atoms with Crippen LogP contribution in [0.2, 0.25) is 5.02 Å². The summed E-state index contributed by atoms with van der Waals surface area (Å²) in [5.41, 5.74) is 1.50. The number of hydrogen-bond donors (Lipinski definition) is 2. The molecule has 0 saturated carbocycles. The van der Waals surface area contributed by atoms with Gasteiger partial charge in [-0.2, -0.15) is 0 Å². The van der Waals surface area contributed by atoms with Crippen LogP contribution in [0.4, 0.5) is 10.1 Å². The minimum atomic E-state index is -0.368. The maximum absolute atomic E-state index is 13.0. The van der Waals surface area contributed by atoms with E-state index in [1.807, 2.05) is 6.92 Å². The molecule has 2 aromatic rings. The van der Waals surface area contributed by atoms with Crippen LogP contribution in [0.5, 0.6) is 11.5 Å². The second-order valence-corrected chi connectivity index (χ2v) is 4.83. The van der Waals surface area contributed by atoms with Gasteiger partial charge in [-0.3, -0.25) is 0 Å². The van der Waals surface area contributed by atoms with Gasteiger partial charge in [-0.05, 0) is 36.8 Å². The molecule has 0 aliphatic rings. The van der Waals surface area contributed by atoms with E-state index in [0.717, 1.165) is 11.3 Å². The van der Waals surface area contributed by atoms with Crippen molar-refractivity contribution in [2.75, 3.05) is 12.4 Å². The van der Waals surface area contributed by atoms with E-state index in [0.29, 0.717) is 10.8 Å². The number of halogens is 2. The summed E-state index contributed by atoms with van der Waals surface area (Å²) in [5.74, 6) is 0.0889. The quantitative estimate of drug-likeness (QED) is 0.880. The summed E-state index contributed by atoms with van der Waals surface area (Å²) in [5, 5.41) is 13.3. The van der Waals surface area contributed by atoms with Crippen molar-refractivity contribution in [1.82, 2.24) is 0 Å². The number of rotatable bonds is 4. The van der Waals surface area contributed by atoms with Gasteiger partial charge in [0.2, 0.25) is 0 Å². The summed E-state index contributed by atoms with van der Waals surface area (Å²) in [6.45, 7) is 1.90. The number of hydrogen-bond acceptors (Lipinski definition) is 3. The van der Waals surface area contributed by atoms with Crippen LogP contribution in [0, 0.1) is 5.82 Å². The topological polar surface area (TPSA) is 41.5 Å². The number of benzene rings is 2. The van der Waals surface area contributed by atoms with E-state index in [1.165, 1.54) is 19.2 Å². The highest BCUT2D eigenvalue weighted by atomic mass is 35.5. The Hall–Kier alpha value is -1.94. The third-order valence-corrected chi connectivity index (χ3v) is 3.32. The lowest BCUT2D eigenvalue weighted by molar-refractivity contribution is 0.373. The van der Waals surface area contributed by atoms with E-state index >= 15 is 0 Å². The van der Waals surface area contributed by atoms with Gasteiger partial charge in [-0.25, -0.2) is 4.39 Å². The molecule has 0 aliphatic heterocycles. The Balaban J connectivity index is 2.18. The molecule has 0 saturated heterocycles. The lowest BCUT2D eigenvalue weighted by Crippen LogP contribution is -2.07. The van der Waals surface area contributed by atoms with Crippen LogP contribution >= 0.6 is 11.6 Å². The van der Waals surface area contributed by atoms with E-state index in [9.17, 15) is 9.50 Å². The van der Waals surface area contributed by atoms with Crippen LogP contribution in [-0.4, -0.2) is 12.2 Å². The molecular formula is C15H15ClFNO2. The number of phenolic OH excluding ortho intramolecular Hbond substituents is 1. The second kappa shape index (κ2) is 6.01. The summed E-state index contributed by atoms with van der Waals surface area (Å²) in [6.07, 6.45) is 0. The molecule has 5 heteroatoms. The number of ether oxygens (including phenoxy) is 1. The van der Waals surface area contributed by atoms with Crippen molar-refractivity contribution in [3.05, 3.63) is 52.8 Å². The van der Waals surface area contributed by atoms with Crippen molar-refractivity contribution >= 4 is 17.3 Å². The summed E-state index contributed by atoms with van der Waals surface area (Å²) < 4.78 is 18.0. The van der Waals surface area contributed by atoms with Gasteiger partial charge in [0.25, 0.3) is 0 Å². The fourth-order valence-electron chi connectivity index (χ4n) is 1.96. The zero-order valence-electron chi connectivity index (χ0n) is 11.2. The first-order valence-corrected chi connectivity index (χ1v) is 6.47. The zero-order valence-corrected chi connectivity index (χ0v) is 11.9. The van der Waals surface area contributed by atoms with Crippen molar-refractivity contribution in [2.24, 2.45) is 0 Å². The highest BCUT2D eigenvalue weighted by Gasteiger charge is 2.11. The second-order valence-electron chi connectivity index (χ2n) is 4.42. The van der Waals surface area contributed by atoms with Crippen LogP contribution in [0.1, 0.15) is 18.5 Å². The normalized spacial score (nSPS) is 12.0. The number of anilines is 1. The molecule has 1 unspecified atom stereocenters. The summed E-state index contributed by atoms with van der Waals surface area (Å²) in [6, 6.07) is 9.16. The summed E-state index contributed by atoms with van der Waals surface area (Å²) in [7, 11) is 1.49. The molecule has 2 N–H and O–H groups in total. The first-order chi connectivity index (χ1) is 9.51. The zero-order chi connectivity index (χ0) is 14.7. The van der Waals surface area contributed by atoms with Crippen LogP contribution < -0.4 is 10.1 Å². The van der Waals surface area contributed by atoms with Crippen LogP contribution in [0.15, 0.2) is 36.4 Å². The molecule has 0 fully saturated rings. The Labute approximate surface area is 122 Å². The standard InChI is InChI=1S/C15H15ClFNO2/c1-9(12-5-3-10(17)7-13(12)16)18-11-4-6-15(20-2)14(19)8-11/h3-9,18-19H,1-2H3. The smallest absolute Gasteiger partial charge is 0.160 e. The third kappa shape index (κ3) is 3.14. The average Bonchev–Trinajstić information content (AvgIpc) is 2.38. The maximum Gasteiger partial charge on any atom is 0.160 e. The van der Waals surface area contributed by atoms with Crippen molar-refractivity contribution in [3.63, 3.8) is 0 Å². The van der Waals surface area contributed by atoms with E-state index < -0.39 is 0 Å². The van der Waals surface area contributed by atoms with Crippen LogP contribution in [-0.2, 0) is 0 Å². The first kappa shape index (κ1) is 14.5. The number of nitrogens with one attached hydrogen (secondary N) is 1. The van der Waals surface area contributed by atoms with Gasteiger partial charge in [0.1, 0.15) is 5.82 Å². The molecule has 0 radical (unpaired) electrons. The van der Waals surface area contributed by atoms with Crippen LogP contribution in [0.25, 0.3) is 0 Å². The molecule has 106 valence electrons. The Bertz CT molecular complexity index is 619. The van der Waals surface area contributed by atoms with Gasteiger partial charge < -0.3 is 15.2 Å². The van der Waals surface area contributed by atoms with Gasteiger partial charge in [-0.15, -0.1) is 0 Å². The Morgan fingerprint density at radius 1 is 1.25 bits per heavy atom. The first-order valence-electron chi connectivity index (χ1n) is 6.09. The monoisotopic (exact) mass is 295 g/mol. The van der Waals surface area contributed by atoms with Gasteiger partial charge in [-0.1, -0.05) is 17.7 Å². The van der Waals surface area contributed by atoms with Gasteiger partial charge in [0.15, 0.2) is 11.5 Å². The number of aromatic hydroxyl groups is 1. The lowest BCUT2D eigenvalue weighted by Gasteiger charge is -2.17. The molecule has 20 heavy (non-hydrogen) atoms. The molecule has 0 spiro atoms. The molecule has 0 heterocycles. The summed E-state index contributed by atoms with van der Waals surface area (Å²) in [4.78, 5) is 0. The van der Waals surface area contributed by atoms with Crippen molar-refractivity contribution in [3.8, 4) is 11.5 Å². The molecule has 3 nitrogen and oxygen atoms in total. The minimum absolute atomic E-state index is 0.0508. The highest BCUT2D eigenvalue weighted by Crippen LogP contribution is 2.31. The molecular weight excluding hydrogens is 281 g/mol. The third-order valence-electron chi connectivity index (χ3n) is 2.99. The molecule has 0 aromatic heterocycles. The Morgan fingerprint density at radius 3 is 2.60 bits per heavy atom. The van der Waals surface area contributed by atoms with Gasteiger partial charge >= 0.3 is 0 Å². The fourth-order valence-corrected chi connectivity index (χ4v) is 2.29. The SMILES string of the molecule is COc1ccc(NC(C)c2ccc(F)cc2Cl)cc1O. The number of methoxy groups -OCH3 is 1. The fraction of sp³-hybridized carbons (Fsp3) is 0.200. The Morgan fingerprint density at radius 2 is 2.00 bits per heavy atom. The van der Waals surface area contributed by atoms with Crippen molar-refractivity contribution < 1.29 is 14.2 Å². The van der Waals surface area contributed by atoms with Crippen molar-refractivity contribution in [1.29, 1.82) is 0 Å². The van der Waals surface area contributed by atoms with Crippen molar-refractivity contribution in [2.45, 2.75) is 13.0 Å². The summed E-state index contributed by atoms with van der Waals surface area (Å²) >= 11 is 6.02. The predicted octanol–water partition coefficient (Wildman–Crippen LogP) is 4.37. The van der Waals surface area contributed by atoms with E-state index in [-0.39, 0.29) is 17.6 Å². The van der Waals surface area contributed by atoms with E-state index in [4.69, 9.17) is 16.3 Å². The highest BCUT2D eigenvalue weighted by molar-refractivity contribution is 6.31. The van der Waals surface area contributed by atoms with Gasteiger partial charge in [0, 0.05) is 22.8 Å². The van der Waals surface area contributed by atoms with E-state index in [1.54, 1.807) is 24.3 Å². The predicted molar refractivity (Wildman–Crippen MR) is 78.1 cm³/mol. The Kier molecular flexibility index (Phi) is 4.35. The molecule has 2 aromatic carbocycles. The molecule has 1 atom stereocenters. The average molecular weight is 296 g/mol. The largest absolute Gasteiger partial charge is 0.504 e. The molecule has 0 amide bonds. The van der Waals surface area contributed by atoms with Crippen LogP contribution in [0.3, 0.4) is 0 Å². The number of phenols is 1. The molecule has 2 rings (SSSR count).